The molecular formula is C14H9Cl3N4O. The van der Waals surface area contributed by atoms with Crippen molar-refractivity contribution in [1.82, 2.24) is 9.78 Å². The van der Waals surface area contributed by atoms with E-state index in [1.54, 1.807) is 12.1 Å². The van der Waals surface area contributed by atoms with Crippen LogP contribution in [-0.4, -0.2) is 15.7 Å². The molecule has 3 rings (SSSR count). The topological polar surface area (TPSA) is 70.7 Å². The third-order valence-electron chi connectivity index (χ3n) is 3.32. The average Bonchev–Trinajstić information content (AvgIpc) is 3.28. The minimum atomic E-state index is -0.130. The van der Waals surface area contributed by atoms with Crippen molar-refractivity contribution in [2.45, 2.75) is 12.8 Å². The standard InChI is InChI=1S/C14H9Cl3N4O/c15-9-3-4-10(12(17)11(9)16)21-13(8(5-18)6-19-21)20-14(22)7-1-2-7/h3-4,6-7H,1-2H2,(H,20,22). The number of nitrogens with zero attached hydrogens (tertiary/aromatic N) is 3. The third-order valence-corrected chi connectivity index (χ3v) is 4.61. The van der Waals surface area contributed by atoms with Gasteiger partial charge in [-0.1, -0.05) is 34.8 Å². The molecule has 1 aliphatic carbocycles. The van der Waals surface area contributed by atoms with Gasteiger partial charge in [-0.3, -0.25) is 4.79 Å². The normalized spacial score (nSPS) is 13.7. The van der Waals surface area contributed by atoms with Crippen LogP contribution in [0.15, 0.2) is 18.3 Å². The number of hydrogen-bond acceptors (Lipinski definition) is 3. The van der Waals surface area contributed by atoms with E-state index in [4.69, 9.17) is 34.8 Å². The third kappa shape index (κ3) is 2.66. The first-order chi connectivity index (χ1) is 10.5. The van der Waals surface area contributed by atoms with Gasteiger partial charge in [0, 0.05) is 5.92 Å². The van der Waals surface area contributed by atoms with Crippen molar-refractivity contribution in [3.63, 3.8) is 0 Å². The molecule has 112 valence electrons. The quantitative estimate of drug-likeness (QED) is 0.844. The summed E-state index contributed by atoms with van der Waals surface area (Å²) < 4.78 is 1.38. The second kappa shape index (κ2) is 5.81. The lowest BCUT2D eigenvalue weighted by Crippen LogP contribution is -2.17. The minimum Gasteiger partial charge on any atom is -0.309 e. The molecule has 8 heteroatoms. The highest BCUT2D eigenvalue weighted by molar-refractivity contribution is 6.48. The van der Waals surface area contributed by atoms with Crippen LogP contribution >= 0.6 is 34.8 Å². The van der Waals surface area contributed by atoms with Crippen LogP contribution in [0.25, 0.3) is 5.69 Å². The summed E-state index contributed by atoms with van der Waals surface area (Å²) in [5, 5.41) is 16.7. The lowest BCUT2D eigenvalue weighted by molar-refractivity contribution is -0.117. The molecule has 0 spiro atoms. The Balaban J connectivity index is 2.07. The Morgan fingerprint density at radius 1 is 1.32 bits per heavy atom. The first kappa shape index (κ1) is 15.2. The van der Waals surface area contributed by atoms with E-state index in [0.717, 1.165) is 12.8 Å². The number of halogens is 3. The number of nitrogens with one attached hydrogen (secondary N) is 1. The molecule has 5 nitrogen and oxygen atoms in total. The van der Waals surface area contributed by atoms with E-state index in [-0.39, 0.29) is 33.3 Å². The highest BCUT2D eigenvalue weighted by Gasteiger charge is 2.31. The molecule has 1 aliphatic rings. The van der Waals surface area contributed by atoms with Gasteiger partial charge in [0.15, 0.2) is 5.82 Å². The second-order valence-corrected chi connectivity index (χ2v) is 6.05. The summed E-state index contributed by atoms with van der Waals surface area (Å²) in [5.41, 5.74) is 0.680. The number of carbonyl (C=O) groups excluding carboxylic acids is 1. The highest BCUT2D eigenvalue weighted by Crippen LogP contribution is 2.36. The van der Waals surface area contributed by atoms with E-state index in [9.17, 15) is 10.1 Å². The largest absolute Gasteiger partial charge is 0.309 e. The van der Waals surface area contributed by atoms with E-state index in [1.165, 1.54) is 10.9 Å². The molecule has 1 fully saturated rings. The van der Waals surface area contributed by atoms with Crippen molar-refractivity contribution in [3.8, 4) is 11.8 Å². The zero-order valence-electron chi connectivity index (χ0n) is 11.1. The van der Waals surface area contributed by atoms with Gasteiger partial charge in [-0.2, -0.15) is 10.4 Å². The number of aromatic nitrogens is 2. The van der Waals surface area contributed by atoms with Gasteiger partial charge in [-0.25, -0.2) is 4.68 Å². The van der Waals surface area contributed by atoms with E-state index in [0.29, 0.717) is 10.7 Å². The second-order valence-electron chi connectivity index (χ2n) is 4.89. The summed E-state index contributed by atoms with van der Waals surface area (Å²) >= 11 is 18.1. The summed E-state index contributed by atoms with van der Waals surface area (Å²) in [6, 6.07) is 5.19. The van der Waals surface area contributed by atoms with Gasteiger partial charge in [0.05, 0.1) is 27.0 Å². The van der Waals surface area contributed by atoms with Crippen LogP contribution in [0.3, 0.4) is 0 Å². The molecule has 0 saturated heterocycles. The Hall–Kier alpha value is -1.74. The minimum absolute atomic E-state index is 0.000768. The summed E-state index contributed by atoms with van der Waals surface area (Å²) in [5.74, 6) is 0.147. The fourth-order valence-corrected chi connectivity index (χ4v) is 2.59. The Kier molecular flexibility index (Phi) is 4.00. The number of amides is 1. The van der Waals surface area contributed by atoms with Crippen molar-refractivity contribution in [1.29, 1.82) is 5.26 Å². The predicted octanol–water partition coefficient (Wildman–Crippen LogP) is 4.05. The van der Waals surface area contributed by atoms with Crippen molar-refractivity contribution >= 4 is 46.5 Å². The van der Waals surface area contributed by atoms with Gasteiger partial charge in [-0.05, 0) is 25.0 Å². The maximum atomic E-state index is 12.0. The Labute approximate surface area is 141 Å². The summed E-state index contributed by atoms with van der Waals surface area (Å²) in [7, 11) is 0. The van der Waals surface area contributed by atoms with E-state index in [2.05, 4.69) is 10.4 Å². The number of hydrogen-bond donors (Lipinski definition) is 1. The first-order valence-electron chi connectivity index (χ1n) is 6.45. The SMILES string of the molecule is N#Cc1cnn(-c2ccc(Cl)c(Cl)c2Cl)c1NC(=O)C1CC1. The molecule has 0 radical (unpaired) electrons. The van der Waals surface area contributed by atoms with Crippen LogP contribution < -0.4 is 5.32 Å². The van der Waals surface area contributed by atoms with Crippen LogP contribution in [0.4, 0.5) is 5.82 Å². The van der Waals surface area contributed by atoms with Crippen molar-refractivity contribution in [2.24, 2.45) is 5.92 Å². The van der Waals surface area contributed by atoms with E-state index in [1.807, 2.05) is 6.07 Å². The summed E-state index contributed by atoms with van der Waals surface area (Å²) in [6.07, 6.45) is 3.08. The van der Waals surface area contributed by atoms with E-state index < -0.39 is 0 Å². The Bertz CT molecular complexity index is 805. The van der Waals surface area contributed by atoms with Gasteiger partial charge in [0.2, 0.25) is 5.91 Å². The summed E-state index contributed by atoms with van der Waals surface area (Å²) in [4.78, 5) is 12.0. The van der Waals surface area contributed by atoms with Crippen LogP contribution in [-0.2, 0) is 4.79 Å². The molecule has 0 bridgehead atoms. The molecule has 0 unspecified atom stereocenters. The molecule has 0 atom stereocenters. The molecule has 22 heavy (non-hydrogen) atoms. The zero-order valence-corrected chi connectivity index (χ0v) is 13.4. The smallest absolute Gasteiger partial charge is 0.228 e. The van der Waals surface area contributed by atoms with Crippen molar-refractivity contribution in [2.75, 3.05) is 5.32 Å². The van der Waals surface area contributed by atoms with Crippen LogP contribution in [0.5, 0.6) is 0 Å². The maximum Gasteiger partial charge on any atom is 0.228 e. The highest BCUT2D eigenvalue weighted by atomic mass is 35.5. The molecule has 1 amide bonds. The number of nitriles is 1. The van der Waals surface area contributed by atoms with Gasteiger partial charge in [0.25, 0.3) is 0 Å². The molecule has 1 saturated carbocycles. The lowest BCUT2D eigenvalue weighted by atomic mass is 10.3. The molecule has 1 N–H and O–H groups in total. The number of carbonyl (C=O) groups is 1. The number of anilines is 1. The fourth-order valence-electron chi connectivity index (χ4n) is 1.98. The number of benzene rings is 1. The van der Waals surface area contributed by atoms with Crippen LogP contribution in [0.2, 0.25) is 15.1 Å². The summed E-state index contributed by atoms with van der Waals surface area (Å²) in [6.45, 7) is 0. The van der Waals surface area contributed by atoms with Gasteiger partial charge < -0.3 is 5.32 Å². The first-order valence-corrected chi connectivity index (χ1v) is 7.59. The lowest BCUT2D eigenvalue weighted by Gasteiger charge is -2.12. The van der Waals surface area contributed by atoms with E-state index >= 15 is 0 Å². The molecular weight excluding hydrogens is 347 g/mol. The predicted molar refractivity (Wildman–Crippen MR) is 84.7 cm³/mol. The molecule has 1 aromatic heterocycles. The van der Waals surface area contributed by atoms with Crippen LogP contribution in [0.1, 0.15) is 18.4 Å². The Morgan fingerprint density at radius 3 is 2.68 bits per heavy atom. The maximum absolute atomic E-state index is 12.0. The average molecular weight is 356 g/mol. The fraction of sp³-hybridized carbons (Fsp3) is 0.214. The van der Waals surface area contributed by atoms with Gasteiger partial charge in [-0.15, -0.1) is 0 Å². The van der Waals surface area contributed by atoms with Crippen molar-refractivity contribution in [3.05, 3.63) is 39.0 Å². The molecule has 0 aliphatic heterocycles. The molecule has 1 heterocycles. The van der Waals surface area contributed by atoms with Crippen LogP contribution in [0, 0.1) is 17.2 Å². The Morgan fingerprint density at radius 2 is 2.05 bits per heavy atom. The zero-order chi connectivity index (χ0) is 15.9. The van der Waals surface area contributed by atoms with Gasteiger partial charge in [0.1, 0.15) is 11.6 Å². The monoisotopic (exact) mass is 354 g/mol. The molecule has 2 aromatic rings. The van der Waals surface area contributed by atoms with Gasteiger partial charge >= 0.3 is 0 Å². The number of rotatable bonds is 3. The van der Waals surface area contributed by atoms with Crippen molar-refractivity contribution < 1.29 is 4.79 Å². The molecule has 1 aromatic carbocycles.